The van der Waals surface area contributed by atoms with E-state index < -0.39 is 22.2 Å². The fourth-order valence-corrected chi connectivity index (χ4v) is 5.76. The van der Waals surface area contributed by atoms with Crippen LogP contribution in [0.2, 0.25) is 0 Å². The number of alkyl halides is 3. The Balaban J connectivity index is 1.11. The number of hydrogen-bond donors (Lipinski definition) is 2. The van der Waals surface area contributed by atoms with Crippen molar-refractivity contribution < 1.29 is 22.8 Å². The third-order valence-corrected chi connectivity index (χ3v) is 8.17. The Morgan fingerprint density at radius 1 is 1.11 bits per heavy atom. The molecule has 2 amide bonds. The number of pyridine rings is 1. The number of amides is 2. The van der Waals surface area contributed by atoms with Crippen LogP contribution in [0.15, 0.2) is 47.6 Å². The quantitative estimate of drug-likeness (QED) is 0.392. The zero-order valence-electron chi connectivity index (χ0n) is 20.0. The maximum absolute atomic E-state index is 12.9. The number of rotatable bonds is 7. The lowest BCUT2D eigenvalue weighted by molar-refractivity contribution is -0.134. The summed E-state index contributed by atoms with van der Waals surface area (Å²) in [5, 5.41) is 5.30. The molecule has 0 radical (unpaired) electrons. The molecule has 5 rings (SSSR count). The lowest BCUT2D eigenvalue weighted by Crippen LogP contribution is -2.38. The van der Waals surface area contributed by atoms with Crippen LogP contribution in [0.5, 0.6) is 0 Å². The maximum atomic E-state index is 12.9. The molecule has 0 atom stereocenters. The topological polar surface area (TPSA) is 100 Å². The molecule has 0 aliphatic carbocycles. The molecule has 2 N–H and O–H groups in total. The molecule has 0 aromatic carbocycles. The number of piperidine rings is 1. The van der Waals surface area contributed by atoms with Crippen LogP contribution in [-0.4, -0.2) is 45.7 Å². The fourth-order valence-electron chi connectivity index (χ4n) is 4.25. The average molecular weight is 561 g/mol. The number of hydrogen-bond acceptors (Lipinski definition) is 9. The van der Waals surface area contributed by atoms with Gasteiger partial charge in [-0.15, -0.1) is 11.3 Å². The van der Waals surface area contributed by atoms with E-state index in [1.54, 1.807) is 24.5 Å². The first kappa shape index (κ1) is 26.3. The van der Waals surface area contributed by atoms with Crippen LogP contribution < -0.4 is 15.5 Å². The Labute approximate surface area is 224 Å². The van der Waals surface area contributed by atoms with Crippen LogP contribution in [0.3, 0.4) is 0 Å². The van der Waals surface area contributed by atoms with E-state index in [-0.39, 0.29) is 0 Å². The number of aromatic nitrogens is 3. The molecule has 198 valence electrons. The molecule has 3 aromatic rings. The smallest absolute Gasteiger partial charge is 0.341 e. The standard InChI is InChI=1S/C25H23F3N6O2S2/c26-25(27,28)21-2-1-19(37-21)18-11-16(3-7-30-18)14-29-13-15-5-9-34(10-6-15)23-31-8-4-17(32-23)12-20-22(35)33-24(36)38-20/h1-4,7-8,11-12,15,29H,5-6,9-10,13-14H2,(H,33,35,36)/b20-12-. The van der Waals surface area contributed by atoms with Gasteiger partial charge in [0.2, 0.25) is 5.95 Å². The predicted octanol–water partition coefficient (Wildman–Crippen LogP) is 4.95. The summed E-state index contributed by atoms with van der Waals surface area (Å²) in [6.07, 6.45) is 2.41. The van der Waals surface area contributed by atoms with E-state index in [4.69, 9.17) is 0 Å². The van der Waals surface area contributed by atoms with Crippen LogP contribution in [0.1, 0.15) is 29.0 Å². The molecule has 38 heavy (non-hydrogen) atoms. The van der Waals surface area contributed by atoms with Gasteiger partial charge >= 0.3 is 6.18 Å². The summed E-state index contributed by atoms with van der Waals surface area (Å²) < 4.78 is 38.8. The molecule has 3 aromatic heterocycles. The van der Waals surface area contributed by atoms with Gasteiger partial charge in [-0.1, -0.05) is 0 Å². The minimum absolute atomic E-state index is 0.312. The molecule has 0 unspecified atom stereocenters. The second kappa shape index (κ2) is 11.2. The molecule has 8 nitrogen and oxygen atoms in total. The van der Waals surface area contributed by atoms with Gasteiger partial charge in [-0.3, -0.25) is 19.9 Å². The minimum atomic E-state index is -4.35. The van der Waals surface area contributed by atoms with E-state index in [1.807, 2.05) is 12.1 Å². The van der Waals surface area contributed by atoms with Crippen molar-refractivity contribution in [3.63, 3.8) is 0 Å². The van der Waals surface area contributed by atoms with Crippen LogP contribution in [0.25, 0.3) is 16.6 Å². The van der Waals surface area contributed by atoms with E-state index in [1.165, 1.54) is 6.07 Å². The monoisotopic (exact) mass is 560 g/mol. The highest BCUT2D eigenvalue weighted by Gasteiger charge is 2.32. The van der Waals surface area contributed by atoms with E-state index >= 15 is 0 Å². The van der Waals surface area contributed by atoms with Gasteiger partial charge in [-0.25, -0.2) is 9.97 Å². The van der Waals surface area contributed by atoms with E-state index in [2.05, 4.69) is 30.5 Å². The number of halogens is 3. The first-order valence-corrected chi connectivity index (χ1v) is 13.5. The molecule has 0 saturated carbocycles. The lowest BCUT2D eigenvalue weighted by Gasteiger charge is -2.32. The Hall–Kier alpha value is -3.29. The largest absolute Gasteiger partial charge is 0.425 e. The fraction of sp³-hybridized carbons (Fsp3) is 0.320. The molecule has 5 heterocycles. The van der Waals surface area contributed by atoms with Gasteiger partial charge in [0.15, 0.2) is 0 Å². The normalized spacial score (nSPS) is 17.9. The highest BCUT2D eigenvalue weighted by molar-refractivity contribution is 8.18. The number of thioether (sulfide) groups is 1. The van der Waals surface area contributed by atoms with Crippen LogP contribution >= 0.6 is 23.1 Å². The Bertz CT molecular complexity index is 1370. The molecule has 13 heteroatoms. The molecule has 2 aliphatic rings. The van der Waals surface area contributed by atoms with E-state index in [9.17, 15) is 22.8 Å². The van der Waals surface area contributed by atoms with Crippen LogP contribution in [-0.2, 0) is 17.5 Å². The van der Waals surface area contributed by atoms with Crippen molar-refractivity contribution in [3.05, 3.63) is 63.8 Å². The summed E-state index contributed by atoms with van der Waals surface area (Å²) in [7, 11) is 0. The molecule has 0 bridgehead atoms. The van der Waals surface area contributed by atoms with Crippen LogP contribution in [0.4, 0.5) is 23.9 Å². The summed E-state index contributed by atoms with van der Waals surface area (Å²) in [5.41, 5.74) is 2.07. The van der Waals surface area contributed by atoms with Gasteiger partial charge in [0, 0.05) is 32.0 Å². The minimum Gasteiger partial charge on any atom is -0.341 e. The second-order valence-electron chi connectivity index (χ2n) is 8.91. The average Bonchev–Trinajstić information content (AvgIpc) is 3.52. The number of anilines is 1. The third-order valence-electron chi connectivity index (χ3n) is 6.21. The van der Waals surface area contributed by atoms with Crippen molar-refractivity contribution in [1.29, 1.82) is 0 Å². The number of thiophene rings is 1. The lowest BCUT2D eigenvalue weighted by atomic mass is 9.97. The van der Waals surface area contributed by atoms with Crippen molar-refractivity contribution in [2.24, 2.45) is 5.92 Å². The maximum Gasteiger partial charge on any atom is 0.425 e. The van der Waals surface area contributed by atoms with Crippen molar-refractivity contribution in [1.82, 2.24) is 25.6 Å². The highest BCUT2D eigenvalue weighted by atomic mass is 32.2. The van der Waals surface area contributed by atoms with Crippen molar-refractivity contribution in [2.45, 2.75) is 25.6 Å². The number of nitrogens with one attached hydrogen (secondary N) is 2. The molecular weight excluding hydrogens is 537 g/mol. The van der Waals surface area contributed by atoms with Gasteiger partial charge in [0.1, 0.15) is 4.88 Å². The number of imide groups is 1. The summed E-state index contributed by atoms with van der Waals surface area (Å²) in [6.45, 7) is 3.00. The molecule has 2 fully saturated rings. The molecule has 0 spiro atoms. The van der Waals surface area contributed by atoms with Gasteiger partial charge in [0.25, 0.3) is 11.1 Å². The van der Waals surface area contributed by atoms with Gasteiger partial charge in [-0.05, 0) is 79.0 Å². The Morgan fingerprint density at radius 3 is 2.61 bits per heavy atom. The van der Waals surface area contributed by atoms with Crippen molar-refractivity contribution in [3.8, 4) is 10.6 Å². The predicted molar refractivity (Wildman–Crippen MR) is 140 cm³/mol. The number of carbonyl (C=O) groups is 2. The first-order valence-electron chi connectivity index (χ1n) is 11.9. The third kappa shape index (κ3) is 6.40. The Morgan fingerprint density at radius 2 is 1.89 bits per heavy atom. The summed E-state index contributed by atoms with van der Waals surface area (Å²) in [4.78, 5) is 38.6. The second-order valence-corrected chi connectivity index (χ2v) is 11.0. The summed E-state index contributed by atoms with van der Waals surface area (Å²) >= 11 is 1.55. The number of carbonyl (C=O) groups excluding carboxylic acids is 2. The van der Waals surface area contributed by atoms with E-state index in [0.717, 1.165) is 55.9 Å². The van der Waals surface area contributed by atoms with E-state index in [0.29, 0.717) is 50.9 Å². The van der Waals surface area contributed by atoms with Gasteiger partial charge in [-0.2, -0.15) is 13.2 Å². The van der Waals surface area contributed by atoms with Gasteiger partial charge < -0.3 is 10.2 Å². The zero-order valence-corrected chi connectivity index (χ0v) is 21.6. The molecular formula is C25H23F3N6O2S2. The van der Waals surface area contributed by atoms with Gasteiger partial charge in [0.05, 0.1) is 21.2 Å². The van der Waals surface area contributed by atoms with Crippen molar-refractivity contribution >= 4 is 46.3 Å². The zero-order chi connectivity index (χ0) is 26.7. The summed E-state index contributed by atoms with van der Waals surface area (Å²) in [5.74, 6) is 0.639. The molecule has 2 aliphatic heterocycles. The molecule has 2 saturated heterocycles. The summed E-state index contributed by atoms with van der Waals surface area (Å²) in [6, 6.07) is 7.93. The highest BCUT2D eigenvalue weighted by Crippen LogP contribution is 2.38. The number of nitrogens with zero attached hydrogens (tertiary/aromatic N) is 4. The van der Waals surface area contributed by atoms with Crippen LogP contribution in [0, 0.1) is 5.92 Å². The Kier molecular flexibility index (Phi) is 7.77. The SMILES string of the molecule is O=C1NC(=O)/C(=C/c2ccnc(N3CCC(CNCc4ccnc(-c5ccc(C(F)(F)F)s5)c4)CC3)n2)S1. The first-order chi connectivity index (χ1) is 18.2. The van der Waals surface area contributed by atoms with Crippen molar-refractivity contribution in [2.75, 3.05) is 24.5 Å².